The molecular weight excluding hydrogens is 269 g/mol. The molecule has 0 aromatic heterocycles. The average molecular weight is 295 g/mol. The molecule has 0 saturated carbocycles. The van der Waals surface area contributed by atoms with E-state index in [1.54, 1.807) is 7.11 Å². The van der Waals surface area contributed by atoms with Crippen molar-refractivity contribution in [2.24, 2.45) is 0 Å². The minimum Gasteiger partial charge on any atom is -0.385 e. The molecule has 2 rings (SSSR count). The maximum absolute atomic E-state index is 12.9. The minimum absolute atomic E-state index is 0.170. The Kier molecular flexibility index (Phi) is 6.92. The molecule has 1 N–H and O–H groups in total. The Hall–Kier alpha value is -1.17. The molecule has 0 atom stereocenters. The van der Waals surface area contributed by atoms with Gasteiger partial charge in [0.1, 0.15) is 5.82 Å². The first kappa shape index (κ1) is 16.2. The van der Waals surface area contributed by atoms with Gasteiger partial charge in [-0.2, -0.15) is 0 Å². The quantitative estimate of drug-likeness (QED) is 0.737. The summed E-state index contributed by atoms with van der Waals surface area (Å²) in [5, 5.41) is 3.44. The van der Waals surface area contributed by atoms with Gasteiger partial charge in [-0.25, -0.2) is 4.39 Å². The lowest BCUT2D eigenvalue weighted by molar-refractivity contribution is 0.193. The zero-order valence-corrected chi connectivity index (χ0v) is 12.9. The van der Waals surface area contributed by atoms with E-state index in [2.05, 4.69) is 15.1 Å². The molecule has 0 radical (unpaired) electrons. The highest BCUT2D eigenvalue weighted by atomic mass is 19.1. The summed E-state index contributed by atoms with van der Waals surface area (Å²) in [4.78, 5) is 4.80. The lowest BCUT2D eigenvalue weighted by atomic mass is 10.2. The second-order valence-corrected chi connectivity index (χ2v) is 5.40. The average Bonchev–Trinajstić information content (AvgIpc) is 2.52. The number of methoxy groups -OCH3 is 1. The molecule has 0 amide bonds. The Morgan fingerprint density at radius 3 is 2.48 bits per heavy atom. The van der Waals surface area contributed by atoms with Crippen LogP contribution >= 0.6 is 0 Å². The van der Waals surface area contributed by atoms with Gasteiger partial charge >= 0.3 is 0 Å². The van der Waals surface area contributed by atoms with E-state index in [0.29, 0.717) is 0 Å². The zero-order valence-electron chi connectivity index (χ0n) is 12.9. The normalized spacial score (nSPS) is 16.4. The zero-order chi connectivity index (χ0) is 14.9. The van der Waals surface area contributed by atoms with Crippen LogP contribution < -0.4 is 10.2 Å². The van der Waals surface area contributed by atoms with Crippen LogP contribution in [-0.2, 0) is 4.74 Å². The summed E-state index contributed by atoms with van der Waals surface area (Å²) in [7, 11) is 1.74. The van der Waals surface area contributed by atoms with Crippen LogP contribution in [0.4, 0.5) is 10.1 Å². The van der Waals surface area contributed by atoms with Crippen LogP contribution in [0.25, 0.3) is 0 Å². The van der Waals surface area contributed by atoms with Gasteiger partial charge < -0.3 is 15.0 Å². The van der Waals surface area contributed by atoms with Crippen molar-refractivity contribution >= 4 is 5.69 Å². The summed E-state index contributed by atoms with van der Waals surface area (Å²) in [6.45, 7) is 8.11. The fourth-order valence-corrected chi connectivity index (χ4v) is 2.59. The fourth-order valence-electron chi connectivity index (χ4n) is 2.59. The Bertz CT molecular complexity index is 391. The van der Waals surface area contributed by atoms with Gasteiger partial charge in [0.15, 0.2) is 0 Å². The molecule has 118 valence electrons. The first-order chi connectivity index (χ1) is 10.3. The Morgan fingerprint density at radius 1 is 1.10 bits per heavy atom. The van der Waals surface area contributed by atoms with E-state index in [1.165, 1.54) is 12.1 Å². The Morgan fingerprint density at radius 2 is 1.81 bits per heavy atom. The number of hydrogen-bond acceptors (Lipinski definition) is 4. The topological polar surface area (TPSA) is 27.7 Å². The highest BCUT2D eigenvalue weighted by Gasteiger charge is 2.16. The second kappa shape index (κ2) is 8.97. The predicted molar refractivity (Wildman–Crippen MR) is 84.4 cm³/mol. The molecule has 21 heavy (non-hydrogen) atoms. The van der Waals surface area contributed by atoms with E-state index >= 15 is 0 Å². The van der Waals surface area contributed by atoms with Crippen molar-refractivity contribution in [3.8, 4) is 0 Å². The van der Waals surface area contributed by atoms with E-state index < -0.39 is 0 Å². The number of hydrogen-bond donors (Lipinski definition) is 1. The maximum atomic E-state index is 12.9. The molecule has 0 bridgehead atoms. The smallest absolute Gasteiger partial charge is 0.123 e. The van der Waals surface area contributed by atoms with Gasteiger partial charge in [0.2, 0.25) is 0 Å². The van der Waals surface area contributed by atoms with Crippen LogP contribution in [0.5, 0.6) is 0 Å². The Labute approximate surface area is 126 Å². The van der Waals surface area contributed by atoms with Gasteiger partial charge in [-0.1, -0.05) is 0 Å². The molecule has 4 nitrogen and oxygen atoms in total. The summed E-state index contributed by atoms with van der Waals surface area (Å²) < 4.78 is 17.9. The lowest BCUT2D eigenvalue weighted by Crippen LogP contribution is -2.48. The van der Waals surface area contributed by atoms with Gasteiger partial charge in [-0.3, -0.25) is 4.90 Å². The lowest BCUT2D eigenvalue weighted by Gasteiger charge is -2.36. The Balaban J connectivity index is 1.61. The minimum atomic E-state index is -0.170. The number of rotatable bonds is 8. The molecular formula is C16H26FN3O. The number of halogens is 1. The number of piperazine rings is 1. The van der Waals surface area contributed by atoms with Crippen molar-refractivity contribution in [1.29, 1.82) is 0 Å². The molecule has 0 spiro atoms. The van der Waals surface area contributed by atoms with Gasteiger partial charge in [-0.05, 0) is 37.2 Å². The first-order valence-electron chi connectivity index (χ1n) is 7.72. The van der Waals surface area contributed by atoms with Crippen molar-refractivity contribution in [1.82, 2.24) is 10.2 Å². The molecule has 1 aromatic rings. The monoisotopic (exact) mass is 295 g/mol. The third kappa shape index (κ3) is 5.61. The standard InChI is InChI=1S/C16H26FN3O/c1-21-14-2-7-18-8-9-19-10-12-20(13-11-19)16-5-3-15(17)4-6-16/h3-6,18H,2,7-14H2,1H3. The fraction of sp³-hybridized carbons (Fsp3) is 0.625. The molecule has 1 aliphatic heterocycles. The van der Waals surface area contributed by atoms with E-state index in [0.717, 1.165) is 64.5 Å². The highest BCUT2D eigenvalue weighted by Crippen LogP contribution is 2.16. The molecule has 1 saturated heterocycles. The van der Waals surface area contributed by atoms with Crippen LogP contribution in [0.2, 0.25) is 0 Å². The van der Waals surface area contributed by atoms with Crippen LogP contribution in [0, 0.1) is 5.82 Å². The summed E-state index contributed by atoms with van der Waals surface area (Å²) in [6.07, 6.45) is 1.06. The molecule has 0 aliphatic carbocycles. The molecule has 0 unspecified atom stereocenters. The molecule has 1 aliphatic rings. The number of ether oxygens (including phenoxy) is 1. The van der Waals surface area contributed by atoms with Crippen molar-refractivity contribution in [3.63, 3.8) is 0 Å². The van der Waals surface area contributed by atoms with Gasteiger partial charge in [0.05, 0.1) is 0 Å². The highest BCUT2D eigenvalue weighted by molar-refractivity contribution is 5.46. The number of anilines is 1. The summed E-state index contributed by atoms with van der Waals surface area (Å²) in [6, 6.07) is 6.79. The third-order valence-electron chi connectivity index (χ3n) is 3.87. The van der Waals surface area contributed by atoms with Crippen molar-refractivity contribution in [2.45, 2.75) is 6.42 Å². The van der Waals surface area contributed by atoms with Gasteiger partial charge in [0, 0.05) is 58.7 Å². The van der Waals surface area contributed by atoms with Crippen LogP contribution in [0.15, 0.2) is 24.3 Å². The third-order valence-corrected chi connectivity index (χ3v) is 3.87. The molecule has 1 aromatic carbocycles. The van der Waals surface area contributed by atoms with Gasteiger partial charge in [-0.15, -0.1) is 0 Å². The number of nitrogens with zero attached hydrogens (tertiary/aromatic N) is 2. The largest absolute Gasteiger partial charge is 0.385 e. The first-order valence-corrected chi connectivity index (χ1v) is 7.72. The van der Waals surface area contributed by atoms with Crippen molar-refractivity contribution in [2.75, 3.05) is 64.4 Å². The van der Waals surface area contributed by atoms with E-state index in [-0.39, 0.29) is 5.82 Å². The second-order valence-electron chi connectivity index (χ2n) is 5.40. The van der Waals surface area contributed by atoms with E-state index in [1.807, 2.05) is 12.1 Å². The summed E-state index contributed by atoms with van der Waals surface area (Å²) in [5.74, 6) is -0.170. The van der Waals surface area contributed by atoms with Crippen molar-refractivity contribution < 1.29 is 9.13 Å². The molecule has 1 heterocycles. The van der Waals surface area contributed by atoms with Gasteiger partial charge in [0.25, 0.3) is 0 Å². The molecule has 5 heteroatoms. The predicted octanol–water partition coefficient (Wildman–Crippen LogP) is 1.57. The summed E-state index contributed by atoms with van der Waals surface area (Å²) >= 11 is 0. The van der Waals surface area contributed by atoms with Crippen LogP contribution in [0.1, 0.15) is 6.42 Å². The number of benzene rings is 1. The number of nitrogens with one attached hydrogen (secondary N) is 1. The SMILES string of the molecule is COCCCNCCN1CCN(c2ccc(F)cc2)CC1. The van der Waals surface area contributed by atoms with Crippen LogP contribution in [0.3, 0.4) is 0 Å². The van der Waals surface area contributed by atoms with E-state index in [4.69, 9.17) is 4.74 Å². The maximum Gasteiger partial charge on any atom is 0.123 e. The molecule has 1 fully saturated rings. The van der Waals surface area contributed by atoms with Crippen molar-refractivity contribution in [3.05, 3.63) is 30.1 Å². The van der Waals surface area contributed by atoms with E-state index in [9.17, 15) is 4.39 Å². The van der Waals surface area contributed by atoms with Crippen LogP contribution in [-0.4, -0.2) is 64.4 Å². The summed E-state index contributed by atoms with van der Waals surface area (Å²) in [5.41, 5.74) is 1.12.